The number of hydrogen-bond acceptors (Lipinski definition) is 3. The van der Waals surface area contributed by atoms with Gasteiger partial charge in [-0.15, -0.1) is 11.3 Å². The Bertz CT molecular complexity index is 515. The van der Waals surface area contributed by atoms with E-state index in [-0.39, 0.29) is 6.04 Å². The fraction of sp³-hybridized carbons (Fsp3) is 0.333. The van der Waals surface area contributed by atoms with Crippen LogP contribution < -0.4 is 5.73 Å². The summed E-state index contributed by atoms with van der Waals surface area (Å²) in [6.07, 6.45) is 0. The van der Waals surface area contributed by atoms with Crippen molar-refractivity contribution < 1.29 is 0 Å². The minimum Gasteiger partial charge on any atom is -0.324 e. The summed E-state index contributed by atoms with van der Waals surface area (Å²) in [4.78, 5) is 3.43. The summed E-state index contributed by atoms with van der Waals surface area (Å²) in [6.45, 7) is 2.99. The van der Waals surface area contributed by atoms with Crippen LogP contribution in [0.5, 0.6) is 0 Å². The maximum atomic E-state index is 5.93. The molecule has 2 N–H and O–H groups in total. The van der Waals surface area contributed by atoms with Gasteiger partial charge in [0.05, 0.1) is 0 Å². The molecule has 0 saturated heterocycles. The highest BCUT2D eigenvalue weighted by Crippen LogP contribution is 2.31. The van der Waals surface area contributed by atoms with Gasteiger partial charge in [0.2, 0.25) is 0 Å². The summed E-state index contributed by atoms with van der Waals surface area (Å²) in [5.74, 6) is 0. The third kappa shape index (κ3) is 2.99. The van der Waals surface area contributed by atoms with Crippen molar-refractivity contribution in [3.8, 4) is 11.1 Å². The van der Waals surface area contributed by atoms with E-state index in [1.165, 1.54) is 21.6 Å². The lowest BCUT2D eigenvalue weighted by atomic mass is 10.0. The second-order valence-electron chi connectivity index (χ2n) is 4.92. The van der Waals surface area contributed by atoms with E-state index in [1.807, 2.05) is 6.92 Å². The van der Waals surface area contributed by atoms with Gasteiger partial charge in [-0.05, 0) is 49.2 Å². The van der Waals surface area contributed by atoms with Crippen molar-refractivity contribution in [3.63, 3.8) is 0 Å². The number of benzene rings is 1. The molecule has 0 aliphatic rings. The van der Waals surface area contributed by atoms with Crippen LogP contribution in [0.15, 0.2) is 35.7 Å². The largest absolute Gasteiger partial charge is 0.324 e. The summed E-state index contributed by atoms with van der Waals surface area (Å²) < 4.78 is 0. The Kier molecular flexibility index (Phi) is 4.17. The van der Waals surface area contributed by atoms with Crippen molar-refractivity contribution in [2.24, 2.45) is 5.73 Å². The van der Waals surface area contributed by atoms with E-state index in [2.05, 4.69) is 54.7 Å². The van der Waals surface area contributed by atoms with E-state index >= 15 is 0 Å². The number of nitrogens with zero attached hydrogens (tertiary/aromatic N) is 1. The Morgan fingerprint density at radius 3 is 2.61 bits per heavy atom. The number of nitrogens with two attached hydrogens (primary N) is 1. The molecular formula is C15H20N2S. The molecule has 0 saturated carbocycles. The van der Waals surface area contributed by atoms with Gasteiger partial charge in [0.25, 0.3) is 0 Å². The van der Waals surface area contributed by atoms with Crippen LogP contribution in [0.2, 0.25) is 0 Å². The highest BCUT2D eigenvalue weighted by molar-refractivity contribution is 7.10. The Morgan fingerprint density at radius 2 is 2.00 bits per heavy atom. The van der Waals surface area contributed by atoms with Crippen LogP contribution in [0.1, 0.15) is 23.4 Å². The van der Waals surface area contributed by atoms with Crippen LogP contribution in [-0.4, -0.2) is 19.0 Å². The predicted octanol–water partition coefficient (Wildman–Crippen LogP) is 3.50. The highest BCUT2D eigenvalue weighted by Gasteiger charge is 2.09. The lowest BCUT2D eigenvalue weighted by Crippen LogP contribution is -2.11. The van der Waals surface area contributed by atoms with Gasteiger partial charge in [-0.25, -0.2) is 0 Å². The summed E-state index contributed by atoms with van der Waals surface area (Å²) in [6, 6.07) is 10.9. The van der Waals surface area contributed by atoms with Crippen LogP contribution in [0.3, 0.4) is 0 Å². The molecule has 0 aliphatic carbocycles. The summed E-state index contributed by atoms with van der Waals surface area (Å²) in [5, 5.41) is 2.20. The number of rotatable bonds is 4. The smallest absolute Gasteiger partial charge is 0.0361 e. The predicted molar refractivity (Wildman–Crippen MR) is 79.7 cm³/mol. The zero-order valence-corrected chi connectivity index (χ0v) is 12.0. The Labute approximate surface area is 113 Å². The van der Waals surface area contributed by atoms with Gasteiger partial charge in [0, 0.05) is 17.5 Å². The molecule has 1 aromatic carbocycles. The number of thiophene rings is 1. The quantitative estimate of drug-likeness (QED) is 0.911. The zero-order valence-electron chi connectivity index (χ0n) is 11.2. The minimum absolute atomic E-state index is 0.116. The van der Waals surface area contributed by atoms with E-state index in [4.69, 9.17) is 5.73 Å². The third-order valence-electron chi connectivity index (χ3n) is 2.88. The van der Waals surface area contributed by atoms with Gasteiger partial charge in [0.1, 0.15) is 0 Å². The van der Waals surface area contributed by atoms with Crippen LogP contribution >= 0.6 is 11.3 Å². The molecule has 1 unspecified atom stereocenters. The van der Waals surface area contributed by atoms with Crippen molar-refractivity contribution in [1.29, 1.82) is 0 Å². The molecular weight excluding hydrogens is 240 g/mol. The van der Waals surface area contributed by atoms with Crippen molar-refractivity contribution in [2.45, 2.75) is 19.5 Å². The van der Waals surface area contributed by atoms with Crippen LogP contribution in [0.4, 0.5) is 0 Å². The minimum atomic E-state index is 0.116. The average Bonchev–Trinajstić information content (AvgIpc) is 2.78. The second kappa shape index (κ2) is 5.65. The third-order valence-corrected chi connectivity index (χ3v) is 4.02. The maximum absolute atomic E-state index is 5.93. The average molecular weight is 260 g/mol. The van der Waals surface area contributed by atoms with Gasteiger partial charge in [-0.1, -0.05) is 24.3 Å². The number of hydrogen-bond donors (Lipinski definition) is 1. The van der Waals surface area contributed by atoms with Gasteiger partial charge >= 0.3 is 0 Å². The molecule has 1 atom stereocenters. The summed E-state index contributed by atoms with van der Waals surface area (Å²) in [5.41, 5.74) is 9.88. The van der Waals surface area contributed by atoms with Gasteiger partial charge in [-0.2, -0.15) is 0 Å². The van der Waals surface area contributed by atoms with E-state index in [0.717, 1.165) is 6.54 Å². The monoisotopic (exact) mass is 260 g/mol. The first-order chi connectivity index (χ1) is 8.58. The molecule has 0 radical (unpaired) electrons. The topological polar surface area (TPSA) is 29.3 Å². The maximum Gasteiger partial charge on any atom is 0.0361 e. The first-order valence-electron chi connectivity index (χ1n) is 6.15. The van der Waals surface area contributed by atoms with E-state index in [0.29, 0.717) is 0 Å². The molecule has 0 aliphatic heterocycles. The molecule has 18 heavy (non-hydrogen) atoms. The Morgan fingerprint density at radius 1 is 1.28 bits per heavy atom. The highest BCUT2D eigenvalue weighted by atomic mass is 32.1. The molecule has 1 heterocycles. The fourth-order valence-corrected chi connectivity index (χ4v) is 2.88. The normalized spacial score (nSPS) is 12.9. The second-order valence-corrected chi connectivity index (χ2v) is 5.86. The van der Waals surface area contributed by atoms with E-state index in [9.17, 15) is 0 Å². The van der Waals surface area contributed by atoms with Crippen molar-refractivity contribution >= 4 is 11.3 Å². The first kappa shape index (κ1) is 13.3. The van der Waals surface area contributed by atoms with Crippen LogP contribution in [-0.2, 0) is 6.54 Å². The summed E-state index contributed by atoms with van der Waals surface area (Å²) >= 11 is 1.74. The van der Waals surface area contributed by atoms with E-state index < -0.39 is 0 Å². The molecule has 0 spiro atoms. The van der Waals surface area contributed by atoms with Crippen LogP contribution in [0, 0.1) is 0 Å². The molecule has 3 heteroatoms. The zero-order chi connectivity index (χ0) is 13.1. The van der Waals surface area contributed by atoms with Crippen molar-refractivity contribution in [2.75, 3.05) is 14.1 Å². The lowest BCUT2D eigenvalue weighted by Gasteiger charge is -2.13. The molecule has 0 amide bonds. The molecule has 96 valence electrons. The SMILES string of the molecule is CC(N)c1cc(-c2ccccc2CN(C)C)cs1. The fourth-order valence-electron chi connectivity index (χ4n) is 2.01. The Hall–Kier alpha value is -1.16. The van der Waals surface area contributed by atoms with Crippen molar-refractivity contribution in [3.05, 3.63) is 46.2 Å². The van der Waals surface area contributed by atoms with Gasteiger partial charge in [-0.3, -0.25) is 0 Å². The Balaban J connectivity index is 2.36. The molecule has 1 aromatic heterocycles. The summed E-state index contributed by atoms with van der Waals surface area (Å²) in [7, 11) is 4.19. The molecule has 2 aromatic rings. The standard InChI is InChI=1S/C15H20N2S/c1-11(16)15-8-13(10-18-15)14-7-5-4-6-12(14)9-17(2)3/h4-8,10-11H,9,16H2,1-3H3. The molecule has 0 fully saturated rings. The van der Waals surface area contributed by atoms with Crippen molar-refractivity contribution in [1.82, 2.24) is 4.90 Å². The van der Waals surface area contributed by atoms with E-state index in [1.54, 1.807) is 11.3 Å². The molecule has 2 rings (SSSR count). The van der Waals surface area contributed by atoms with Crippen LogP contribution in [0.25, 0.3) is 11.1 Å². The van der Waals surface area contributed by atoms with Gasteiger partial charge < -0.3 is 10.6 Å². The lowest BCUT2D eigenvalue weighted by molar-refractivity contribution is 0.403. The molecule has 2 nitrogen and oxygen atoms in total. The first-order valence-corrected chi connectivity index (χ1v) is 7.03. The van der Waals surface area contributed by atoms with Gasteiger partial charge in [0.15, 0.2) is 0 Å². The molecule has 0 bridgehead atoms.